The van der Waals surface area contributed by atoms with Crippen LogP contribution in [0.4, 0.5) is 13.2 Å². The Morgan fingerprint density at radius 3 is 2.31 bits per heavy atom. The van der Waals surface area contributed by atoms with E-state index in [0.29, 0.717) is 17.1 Å². The molecule has 0 unspecified atom stereocenters. The summed E-state index contributed by atoms with van der Waals surface area (Å²) in [6.45, 7) is 0.298. The van der Waals surface area contributed by atoms with E-state index in [1.54, 1.807) is 24.3 Å². The summed E-state index contributed by atoms with van der Waals surface area (Å²) in [5, 5.41) is 5.91. The van der Waals surface area contributed by atoms with Crippen molar-refractivity contribution >= 4 is 16.0 Å². The third-order valence-corrected chi connectivity index (χ3v) is 6.03. The number of halogens is 3. The Kier molecular flexibility index (Phi) is 7.26. The maximum absolute atomic E-state index is 12.8. The summed E-state index contributed by atoms with van der Waals surface area (Å²) in [5.41, 5.74) is 0.268. The Morgan fingerprint density at radius 2 is 1.69 bits per heavy atom. The van der Waals surface area contributed by atoms with Gasteiger partial charge in [0, 0.05) is 34.2 Å². The van der Waals surface area contributed by atoms with Gasteiger partial charge < -0.3 is 10.6 Å². The van der Waals surface area contributed by atoms with Crippen molar-refractivity contribution in [3.05, 3.63) is 65.2 Å². The Balaban J connectivity index is 2.06. The van der Waals surface area contributed by atoms with E-state index < -0.39 is 21.8 Å². The van der Waals surface area contributed by atoms with E-state index in [1.807, 2.05) is 0 Å². The third kappa shape index (κ3) is 5.94. The molecule has 0 heterocycles. The van der Waals surface area contributed by atoms with E-state index in [-0.39, 0.29) is 18.0 Å². The van der Waals surface area contributed by atoms with Crippen molar-refractivity contribution in [2.24, 2.45) is 4.99 Å². The second kappa shape index (κ2) is 9.27. The fourth-order valence-electron chi connectivity index (χ4n) is 2.54. The van der Waals surface area contributed by atoms with Gasteiger partial charge in [-0.15, -0.1) is 0 Å². The van der Waals surface area contributed by atoms with Gasteiger partial charge in [-0.1, -0.05) is 30.3 Å². The molecule has 6 nitrogen and oxygen atoms in total. The number of nitrogens with one attached hydrogen (secondary N) is 2. The monoisotopic (exact) mass is 428 g/mol. The molecule has 0 radical (unpaired) electrons. The summed E-state index contributed by atoms with van der Waals surface area (Å²) in [6.07, 6.45) is -4.41. The molecule has 2 N–H and O–H groups in total. The predicted molar refractivity (Wildman–Crippen MR) is 106 cm³/mol. The number of alkyl halides is 3. The Bertz CT molecular complexity index is 973. The number of benzene rings is 2. The average molecular weight is 428 g/mol. The van der Waals surface area contributed by atoms with Crippen LogP contribution in [0, 0.1) is 0 Å². The van der Waals surface area contributed by atoms with Gasteiger partial charge in [-0.2, -0.15) is 13.2 Å². The molecule has 0 amide bonds. The van der Waals surface area contributed by atoms with Crippen LogP contribution in [0.5, 0.6) is 0 Å². The molecular weight excluding hydrogens is 405 g/mol. The lowest BCUT2D eigenvalue weighted by Gasteiger charge is -2.17. The van der Waals surface area contributed by atoms with Crippen molar-refractivity contribution in [1.29, 1.82) is 0 Å². The summed E-state index contributed by atoms with van der Waals surface area (Å²) in [4.78, 5) is 4.20. The van der Waals surface area contributed by atoms with Crippen LogP contribution in [0.25, 0.3) is 0 Å². The quantitative estimate of drug-likeness (QED) is 0.548. The van der Waals surface area contributed by atoms with Crippen molar-refractivity contribution in [3.63, 3.8) is 0 Å². The first-order chi connectivity index (χ1) is 13.6. The molecule has 0 fully saturated rings. The standard InChI is InChI=1S/C19H23F3N4O2S/c1-23-18(24-12-14-7-6-9-16(11-14)19(20,21)22)25-13-15-8-4-5-10-17(15)29(27,28)26(2)3/h4-11H,12-13H2,1-3H3,(H2,23,24,25). The highest BCUT2D eigenvalue weighted by Gasteiger charge is 2.30. The van der Waals surface area contributed by atoms with Crippen molar-refractivity contribution in [3.8, 4) is 0 Å². The minimum Gasteiger partial charge on any atom is -0.352 e. The molecule has 0 aliphatic rings. The SMILES string of the molecule is CN=C(NCc1cccc(C(F)(F)F)c1)NCc1ccccc1S(=O)(=O)N(C)C. The van der Waals surface area contributed by atoms with Crippen LogP contribution in [-0.2, 0) is 29.3 Å². The number of nitrogens with zero attached hydrogens (tertiary/aromatic N) is 2. The predicted octanol–water partition coefficient (Wildman–Crippen LogP) is 2.82. The van der Waals surface area contributed by atoms with Crippen LogP contribution in [0.1, 0.15) is 16.7 Å². The fourth-order valence-corrected chi connectivity index (χ4v) is 3.66. The topological polar surface area (TPSA) is 73.8 Å². The zero-order valence-electron chi connectivity index (χ0n) is 16.3. The van der Waals surface area contributed by atoms with Gasteiger partial charge in [0.1, 0.15) is 0 Å². The van der Waals surface area contributed by atoms with E-state index in [4.69, 9.17) is 0 Å². The van der Waals surface area contributed by atoms with Gasteiger partial charge in [0.15, 0.2) is 5.96 Å². The second-order valence-electron chi connectivity index (χ2n) is 6.37. The van der Waals surface area contributed by atoms with Crippen molar-refractivity contribution in [1.82, 2.24) is 14.9 Å². The molecule has 10 heteroatoms. The van der Waals surface area contributed by atoms with E-state index >= 15 is 0 Å². The molecule has 0 aliphatic heterocycles. The van der Waals surface area contributed by atoms with E-state index in [1.165, 1.54) is 33.3 Å². The molecule has 0 atom stereocenters. The van der Waals surface area contributed by atoms with Gasteiger partial charge in [-0.3, -0.25) is 4.99 Å². The van der Waals surface area contributed by atoms with Crippen LogP contribution in [0.2, 0.25) is 0 Å². The lowest BCUT2D eigenvalue weighted by atomic mass is 10.1. The Labute approximate surface area is 168 Å². The Morgan fingerprint density at radius 1 is 1.03 bits per heavy atom. The van der Waals surface area contributed by atoms with E-state index in [9.17, 15) is 21.6 Å². The van der Waals surface area contributed by atoms with Crippen LogP contribution >= 0.6 is 0 Å². The first-order valence-electron chi connectivity index (χ1n) is 8.67. The molecule has 0 aliphatic carbocycles. The Hall–Kier alpha value is -2.59. The van der Waals surface area contributed by atoms with Crippen molar-refractivity contribution in [2.75, 3.05) is 21.1 Å². The highest BCUT2D eigenvalue weighted by atomic mass is 32.2. The van der Waals surface area contributed by atoms with Crippen molar-refractivity contribution in [2.45, 2.75) is 24.2 Å². The summed E-state index contributed by atoms with van der Waals surface area (Å²) in [5.74, 6) is 0.333. The molecular formula is C19H23F3N4O2S. The second-order valence-corrected chi connectivity index (χ2v) is 8.49. The average Bonchev–Trinajstić information content (AvgIpc) is 2.67. The number of rotatable bonds is 6. The largest absolute Gasteiger partial charge is 0.416 e. The first kappa shape index (κ1) is 22.7. The van der Waals surface area contributed by atoms with Gasteiger partial charge in [-0.05, 0) is 29.3 Å². The van der Waals surface area contributed by atoms with Crippen LogP contribution in [-0.4, -0.2) is 39.8 Å². The zero-order valence-corrected chi connectivity index (χ0v) is 17.1. The molecule has 0 aromatic heterocycles. The van der Waals surface area contributed by atoms with Gasteiger partial charge in [0.25, 0.3) is 0 Å². The lowest BCUT2D eigenvalue weighted by Crippen LogP contribution is -2.37. The third-order valence-electron chi connectivity index (χ3n) is 4.12. The molecule has 2 rings (SSSR count). The minimum atomic E-state index is -4.41. The number of aliphatic imine (C=N–C) groups is 1. The van der Waals surface area contributed by atoms with Crippen LogP contribution in [0.15, 0.2) is 58.4 Å². The van der Waals surface area contributed by atoms with Crippen molar-refractivity contribution < 1.29 is 21.6 Å². The van der Waals surface area contributed by atoms with Gasteiger partial charge in [0.2, 0.25) is 10.0 Å². The molecule has 0 bridgehead atoms. The number of hydrogen-bond donors (Lipinski definition) is 2. The van der Waals surface area contributed by atoms with Gasteiger partial charge >= 0.3 is 6.18 Å². The molecule has 0 saturated carbocycles. The maximum atomic E-state index is 12.8. The van der Waals surface area contributed by atoms with Crippen LogP contribution in [0.3, 0.4) is 0 Å². The summed E-state index contributed by atoms with van der Waals surface area (Å²) in [6, 6.07) is 11.6. The normalized spacial score (nSPS) is 12.9. The lowest BCUT2D eigenvalue weighted by molar-refractivity contribution is -0.137. The molecule has 2 aromatic rings. The highest BCUT2D eigenvalue weighted by molar-refractivity contribution is 7.89. The van der Waals surface area contributed by atoms with Crippen LogP contribution < -0.4 is 10.6 Å². The fraction of sp³-hybridized carbons (Fsp3) is 0.316. The highest BCUT2D eigenvalue weighted by Crippen LogP contribution is 2.29. The summed E-state index contributed by atoms with van der Waals surface area (Å²) in [7, 11) is 0.815. The zero-order chi connectivity index (χ0) is 21.7. The smallest absolute Gasteiger partial charge is 0.352 e. The van der Waals surface area contributed by atoms with Gasteiger partial charge in [0.05, 0.1) is 10.5 Å². The molecule has 158 valence electrons. The minimum absolute atomic E-state index is 0.126. The summed E-state index contributed by atoms with van der Waals surface area (Å²) < 4.78 is 64.5. The first-order valence-corrected chi connectivity index (χ1v) is 10.1. The van der Waals surface area contributed by atoms with Gasteiger partial charge in [-0.25, -0.2) is 12.7 Å². The molecule has 2 aromatic carbocycles. The maximum Gasteiger partial charge on any atom is 0.416 e. The number of sulfonamides is 1. The number of guanidine groups is 1. The molecule has 29 heavy (non-hydrogen) atoms. The number of hydrogen-bond acceptors (Lipinski definition) is 3. The molecule has 0 spiro atoms. The van der Waals surface area contributed by atoms with E-state index in [2.05, 4.69) is 15.6 Å². The van der Waals surface area contributed by atoms with E-state index in [0.717, 1.165) is 16.4 Å². The molecule has 0 saturated heterocycles. The summed E-state index contributed by atoms with van der Waals surface area (Å²) >= 11 is 0.